The summed E-state index contributed by atoms with van der Waals surface area (Å²) in [6.07, 6.45) is 0. The second-order valence-corrected chi connectivity index (χ2v) is 9.49. The van der Waals surface area contributed by atoms with Crippen LogP contribution < -0.4 is 10.1 Å². The molecule has 2 aromatic heterocycles. The van der Waals surface area contributed by atoms with Crippen molar-refractivity contribution in [3.8, 4) is 28.4 Å². The molecule has 0 aliphatic rings. The van der Waals surface area contributed by atoms with Crippen LogP contribution in [0.5, 0.6) is 5.75 Å². The van der Waals surface area contributed by atoms with Crippen molar-refractivity contribution in [3.63, 3.8) is 0 Å². The quantitative estimate of drug-likeness (QED) is 0.364. The normalized spacial score (nSPS) is 10.9. The number of nitrogens with zero attached hydrogens (tertiary/aromatic N) is 4. The van der Waals surface area contributed by atoms with Gasteiger partial charge in [-0.2, -0.15) is 0 Å². The van der Waals surface area contributed by atoms with Crippen LogP contribution in [0, 0.1) is 20.8 Å². The molecule has 0 saturated heterocycles. The summed E-state index contributed by atoms with van der Waals surface area (Å²) in [4.78, 5) is 17.2. The molecular formula is C24H25N5O2S2. The van der Waals surface area contributed by atoms with Gasteiger partial charge in [-0.05, 0) is 55.7 Å². The molecule has 4 rings (SSSR count). The van der Waals surface area contributed by atoms with E-state index in [1.807, 2.05) is 41.3 Å². The maximum Gasteiger partial charge on any atom is 0.236 e. The summed E-state index contributed by atoms with van der Waals surface area (Å²) in [7, 11) is 3.50. The minimum atomic E-state index is -0.139. The van der Waals surface area contributed by atoms with Gasteiger partial charge in [-0.3, -0.25) is 4.79 Å². The Balaban J connectivity index is 1.41. The Kier molecular flexibility index (Phi) is 6.80. The number of carbonyl (C=O) groups excluding carboxylic acids is 1. The Bertz CT molecular complexity index is 1310. The Morgan fingerprint density at radius 3 is 2.64 bits per heavy atom. The number of thiazole rings is 1. The number of benzene rings is 2. The monoisotopic (exact) mass is 479 g/mol. The van der Waals surface area contributed by atoms with E-state index in [0.29, 0.717) is 16.1 Å². The second-order valence-electron chi connectivity index (χ2n) is 7.69. The van der Waals surface area contributed by atoms with E-state index in [-0.39, 0.29) is 11.7 Å². The third-order valence-corrected chi connectivity index (χ3v) is 7.16. The summed E-state index contributed by atoms with van der Waals surface area (Å²) in [5.74, 6) is 1.47. The summed E-state index contributed by atoms with van der Waals surface area (Å²) in [6.45, 7) is 6.28. The minimum absolute atomic E-state index is 0.139. The molecule has 0 aliphatic carbocycles. The zero-order valence-electron chi connectivity index (χ0n) is 19.2. The van der Waals surface area contributed by atoms with Crippen LogP contribution in [0.3, 0.4) is 0 Å². The van der Waals surface area contributed by atoms with E-state index >= 15 is 0 Å². The third-order valence-electron chi connectivity index (χ3n) is 5.38. The van der Waals surface area contributed by atoms with E-state index < -0.39 is 0 Å². The number of aryl methyl sites for hydroxylation is 3. The summed E-state index contributed by atoms with van der Waals surface area (Å²) >= 11 is 2.75. The molecule has 0 radical (unpaired) electrons. The Hall–Kier alpha value is -3.17. The van der Waals surface area contributed by atoms with Crippen molar-refractivity contribution in [1.82, 2.24) is 19.7 Å². The zero-order chi connectivity index (χ0) is 23.5. The molecule has 7 nitrogen and oxygen atoms in total. The number of methoxy groups -OCH3 is 1. The maximum atomic E-state index is 12.5. The smallest absolute Gasteiger partial charge is 0.236 e. The number of ether oxygens (including phenoxy) is 1. The standard InChI is InChI=1S/C24H25N5O2S2/c1-14-10-16(3)18(11-15(14)2)19-12-32-23(25-19)26-21(30)13-33-24-28-27-22(29(24)4)17-8-6-7-9-20(17)31-5/h6-12H,13H2,1-5H3,(H,25,26,30). The molecule has 2 aromatic carbocycles. The molecule has 33 heavy (non-hydrogen) atoms. The number of para-hydroxylation sites is 1. The lowest BCUT2D eigenvalue weighted by Gasteiger charge is -2.08. The average molecular weight is 480 g/mol. The average Bonchev–Trinajstić information content (AvgIpc) is 3.41. The molecular weight excluding hydrogens is 454 g/mol. The number of hydrogen-bond acceptors (Lipinski definition) is 7. The summed E-state index contributed by atoms with van der Waals surface area (Å²) in [6, 6.07) is 12.0. The first kappa shape index (κ1) is 23.0. The van der Waals surface area contributed by atoms with Crippen molar-refractivity contribution in [2.45, 2.75) is 25.9 Å². The van der Waals surface area contributed by atoms with E-state index in [4.69, 9.17) is 4.74 Å². The van der Waals surface area contributed by atoms with E-state index in [0.717, 1.165) is 22.6 Å². The predicted octanol–water partition coefficient (Wildman–Crippen LogP) is 5.27. The summed E-state index contributed by atoms with van der Waals surface area (Å²) in [5, 5.41) is 14.6. The fourth-order valence-electron chi connectivity index (χ4n) is 3.48. The topological polar surface area (TPSA) is 81.9 Å². The Labute approximate surface area is 201 Å². The van der Waals surface area contributed by atoms with Crippen molar-refractivity contribution in [2.75, 3.05) is 18.2 Å². The largest absolute Gasteiger partial charge is 0.496 e. The maximum absolute atomic E-state index is 12.5. The van der Waals surface area contributed by atoms with Crippen LogP contribution in [0.1, 0.15) is 16.7 Å². The summed E-state index contributed by atoms with van der Waals surface area (Å²) < 4.78 is 7.29. The molecule has 0 bridgehead atoms. The first-order chi connectivity index (χ1) is 15.9. The first-order valence-corrected chi connectivity index (χ1v) is 12.2. The van der Waals surface area contributed by atoms with Gasteiger partial charge >= 0.3 is 0 Å². The van der Waals surface area contributed by atoms with Gasteiger partial charge in [0.1, 0.15) is 5.75 Å². The minimum Gasteiger partial charge on any atom is -0.496 e. The highest BCUT2D eigenvalue weighted by molar-refractivity contribution is 7.99. The van der Waals surface area contributed by atoms with Crippen molar-refractivity contribution >= 4 is 34.1 Å². The van der Waals surface area contributed by atoms with Gasteiger partial charge in [0.25, 0.3) is 0 Å². The van der Waals surface area contributed by atoms with Gasteiger partial charge in [0.2, 0.25) is 5.91 Å². The molecule has 4 aromatic rings. The fraction of sp³-hybridized carbons (Fsp3) is 0.250. The Morgan fingerprint density at radius 1 is 1.09 bits per heavy atom. The molecule has 0 fully saturated rings. The molecule has 0 spiro atoms. The number of aromatic nitrogens is 4. The molecule has 9 heteroatoms. The lowest BCUT2D eigenvalue weighted by Crippen LogP contribution is -2.14. The van der Waals surface area contributed by atoms with Crippen molar-refractivity contribution in [2.24, 2.45) is 7.05 Å². The lowest BCUT2D eigenvalue weighted by molar-refractivity contribution is -0.113. The van der Waals surface area contributed by atoms with Gasteiger partial charge in [-0.1, -0.05) is 30.0 Å². The highest BCUT2D eigenvalue weighted by Gasteiger charge is 2.16. The van der Waals surface area contributed by atoms with Gasteiger partial charge in [0, 0.05) is 18.0 Å². The highest BCUT2D eigenvalue weighted by Crippen LogP contribution is 2.31. The SMILES string of the molecule is COc1ccccc1-c1nnc(SCC(=O)Nc2nc(-c3cc(C)c(C)cc3C)cs2)n1C. The number of carbonyl (C=O) groups is 1. The van der Waals surface area contributed by atoms with Gasteiger partial charge in [-0.15, -0.1) is 21.5 Å². The molecule has 0 aliphatic heterocycles. The number of amides is 1. The molecule has 0 unspecified atom stereocenters. The van der Waals surface area contributed by atoms with Crippen molar-refractivity contribution in [1.29, 1.82) is 0 Å². The van der Waals surface area contributed by atoms with E-state index in [9.17, 15) is 4.79 Å². The molecule has 0 saturated carbocycles. The van der Waals surface area contributed by atoms with Crippen LogP contribution in [0.2, 0.25) is 0 Å². The number of rotatable bonds is 7. The van der Waals surface area contributed by atoms with Crippen molar-refractivity contribution in [3.05, 3.63) is 58.5 Å². The van der Waals surface area contributed by atoms with Gasteiger partial charge < -0.3 is 14.6 Å². The molecule has 1 amide bonds. The van der Waals surface area contributed by atoms with E-state index in [2.05, 4.69) is 53.4 Å². The number of nitrogens with one attached hydrogen (secondary N) is 1. The lowest BCUT2D eigenvalue weighted by atomic mass is 9.99. The van der Waals surface area contributed by atoms with Crippen LogP contribution in [0.4, 0.5) is 5.13 Å². The molecule has 1 N–H and O–H groups in total. The Morgan fingerprint density at radius 2 is 1.85 bits per heavy atom. The fourth-order valence-corrected chi connectivity index (χ4v) is 4.92. The molecule has 2 heterocycles. The summed E-state index contributed by atoms with van der Waals surface area (Å²) in [5.41, 5.74) is 6.47. The second kappa shape index (κ2) is 9.76. The van der Waals surface area contributed by atoms with Crippen LogP contribution in [0.25, 0.3) is 22.6 Å². The number of hydrogen-bond donors (Lipinski definition) is 1. The van der Waals surface area contributed by atoms with Gasteiger partial charge in [-0.25, -0.2) is 4.98 Å². The van der Waals surface area contributed by atoms with Crippen LogP contribution >= 0.6 is 23.1 Å². The number of anilines is 1. The molecule has 170 valence electrons. The zero-order valence-corrected chi connectivity index (χ0v) is 20.8. The van der Waals surface area contributed by atoms with E-state index in [1.54, 1.807) is 7.11 Å². The predicted molar refractivity (Wildman–Crippen MR) is 134 cm³/mol. The van der Waals surface area contributed by atoms with Crippen molar-refractivity contribution < 1.29 is 9.53 Å². The first-order valence-electron chi connectivity index (χ1n) is 10.4. The third kappa shape index (κ3) is 4.94. The number of thioether (sulfide) groups is 1. The van der Waals surface area contributed by atoms with Crippen LogP contribution in [0.15, 0.2) is 46.9 Å². The highest BCUT2D eigenvalue weighted by atomic mass is 32.2. The van der Waals surface area contributed by atoms with Gasteiger partial charge in [0.05, 0.1) is 24.1 Å². The molecule has 0 atom stereocenters. The van der Waals surface area contributed by atoms with Crippen LogP contribution in [-0.4, -0.2) is 38.5 Å². The van der Waals surface area contributed by atoms with Gasteiger partial charge in [0.15, 0.2) is 16.1 Å². The van der Waals surface area contributed by atoms with Crippen LogP contribution in [-0.2, 0) is 11.8 Å². The van der Waals surface area contributed by atoms with E-state index in [1.165, 1.54) is 39.8 Å².